The Morgan fingerprint density at radius 2 is 1.92 bits per heavy atom. The fourth-order valence-electron chi connectivity index (χ4n) is 2.99. The number of aromatic amines is 2. The molecule has 0 aliphatic rings. The monoisotopic (exact) mass is 352 g/mol. The molecule has 0 aliphatic carbocycles. The smallest absolute Gasteiger partial charge is 0.249 e. The molecular weight excluding hydrogens is 340 g/mol. The molecule has 0 amide bonds. The van der Waals surface area contributed by atoms with Gasteiger partial charge in [0.2, 0.25) is 5.56 Å². The predicted octanol–water partition coefficient (Wildman–Crippen LogP) is 3.42. The predicted molar refractivity (Wildman–Crippen MR) is 99.4 cm³/mol. The van der Waals surface area contributed by atoms with Gasteiger partial charge in [0.25, 0.3) is 0 Å². The second-order valence-corrected chi connectivity index (χ2v) is 6.11. The van der Waals surface area contributed by atoms with Crippen LogP contribution in [0.2, 0.25) is 5.02 Å². The number of rotatable bonds is 2. The molecule has 2 heterocycles. The highest BCUT2D eigenvalue weighted by Crippen LogP contribution is 2.32. The first-order valence-electron chi connectivity index (χ1n) is 7.49. The first-order valence-corrected chi connectivity index (χ1v) is 7.87. The normalized spacial score (nSPS) is 12.1. The minimum Gasteiger partial charge on any atom is -0.409 e. The molecule has 124 valence electrons. The summed E-state index contributed by atoms with van der Waals surface area (Å²) < 4.78 is 0. The Morgan fingerprint density at radius 1 is 1.08 bits per heavy atom. The molecular formula is C18H13ClN4O2. The van der Waals surface area contributed by atoms with Gasteiger partial charge in [0.15, 0.2) is 5.84 Å². The van der Waals surface area contributed by atoms with Crippen molar-refractivity contribution in [1.82, 2.24) is 9.97 Å². The minimum atomic E-state index is -0.224. The summed E-state index contributed by atoms with van der Waals surface area (Å²) in [5.41, 5.74) is 9.85. The van der Waals surface area contributed by atoms with E-state index in [0.717, 1.165) is 27.5 Å². The number of nitrogens with one attached hydrogen (secondary N) is 2. The van der Waals surface area contributed by atoms with E-state index in [4.69, 9.17) is 22.5 Å². The molecule has 5 N–H and O–H groups in total. The molecule has 4 aromatic rings. The topological polar surface area (TPSA) is 107 Å². The first-order chi connectivity index (χ1) is 12.1. The number of oxime groups is 1. The Labute approximate surface area is 146 Å². The molecule has 2 aromatic carbocycles. The van der Waals surface area contributed by atoms with Crippen LogP contribution >= 0.6 is 11.6 Å². The van der Waals surface area contributed by atoms with Crippen molar-refractivity contribution >= 4 is 39.4 Å². The van der Waals surface area contributed by atoms with E-state index in [1.54, 1.807) is 24.3 Å². The van der Waals surface area contributed by atoms with Crippen LogP contribution in [0.25, 0.3) is 33.1 Å². The molecule has 0 aliphatic heterocycles. The zero-order valence-electron chi connectivity index (χ0n) is 12.9. The maximum absolute atomic E-state index is 12.2. The van der Waals surface area contributed by atoms with Gasteiger partial charge in [-0.2, -0.15) is 0 Å². The first kappa shape index (κ1) is 15.3. The van der Waals surface area contributed by atoms with Crippen LogP contribution in [0.5, 0.6) is 0 Å². The lowest BCUT2D eigenvalue weighted by Crippen LogP contribution is -2.13. The number of nitrogens with zero attached hydrogens (tertiary/aromatic N) is 1. The summed E-state index contributed by atoms with van der Waals surface area (Å²) in [5, 5.41) is 13.3. The molecule has 0 spiro atoms. The van der Waals surface area contributed by atoms with Gasteiger partial charge >= 0.3 is 0 Å². The van der Waals surface area contributed by atoms with E-state index in [1.807, 2.05) is 18.2 Å². The maximum Gasteiger partial charge on any atom is 0.249 e. The summed E-state index contributed by atoms with van der Waals surface area (Å²) in [6.07, 6.45) is 0. The number of hydrogen-bond donors (Lipinski definition) is 4. The fourth-order valence-corrected chi connectivity index (χ4v) is 3.16. The SMILES string of the molecule is NC(=NO)c1cccc(-c2cc(=O)[nH]c3c2[nH]c2ccc(Cl)cc23)c1. The quantitative estimate of drug-likeness (QED) is 0.192. The Kier molecular flexibility index (Phi) is 3.47. The summed E-state index contributed by atoms with van der Waals surface area (Å²) in [6, 6.07) is 14.1. The Bertz CT molecular complexity index is 1210. The van der Waals surface area contributed by atoms with Crippen molar-refractivity contribution < 1.29 is 5.21 Å². The van der Waals surface area contributed by atoms with Crippen LogP contribution in [0.3, 0.4) is 0 Å². The van der Waals surface area contributed by atoms with E-state index in [9.17, 15) is 4.79 Å². The molecule has 0 atom stereocenters. The van der Waals surface area contributed by atoms with Gasteiger partial charge in [0.05, 0.1) is 11.0 Å². The molecule has 4 rings (SSSR count). The van der Waals surface area contributed by atoms with Crippen molar-refractivity contribution in [2.75, 3.05) is 0 Å². The van der Waals surface area contributed by atoms with Gasteiger partial charge in [0, 0.05) is 33.1 Å². The molecule has 0 saturated heterocycles. The van der Waals surface area contributed by atoms with Crippen molar-refractivity contribution in [3.05, 3.63) is 69.5 Å². The lowest BCUT2D eigenvalue weighted by Gasteiger charge is -2.06. The van der Waals surface area contributed by atoms with Gasteiger partial charge < -0.3 is 20.9 Å². The highest BCUT2D eigenvalue weighted by atomic mass is 35.5. The van der Waals surface area contributed by atoms with Crippen LogP contribution in [0.15, 0.2) is 58.5 Å². The summed E-state index contributed by atoms with van der Waals surface area (Å²) in [4.78, 5) is 18.4. The van der Waals surface area contributed by atoms with Crippen molar-refractivity contribution in [3.8, 4) is 11.1 Å². The van der Waals surface area contributed by atoms with Crippen LogP contribution in [0, 0.1) is 0 Å². The molecule has 0 bridgehead atoms. The molecule has 0 fully saturated rings. The third-order valence-corrected chi connectivity index (χ3v) is 4.37. The molecule has 0 radical (unpaired) electrons. The molecule has 2 aromatic heterocycles. The van der Waals surface area contributed by atoms with Crippen molar-refractivity contribution in [2.45, 2.75) is 0 Å². The van der Waals surface area contributed by atoms with Crippen LogP contribution in [-0.4, -0.2) is 21.0 Å². The van der Waals surface area contributed by atoms with Crippen LogP contribution < -0.4 is 11.3 Å². The third-order valence-electron chi connectivity index (χ3n) is 4.13. The molecule has 6 nitrogen and oxygen atoms in total. The average molecular weight is 353 g/mol. The van der Waals surface area contributed by atoms with Crippen LogP contribution in [0.1, 0.15) is 5.56 Å². The number of hydrogen-bond acceptors (Lipinski definition) is 3. The zero-order chi connectivity index (χ0) is 17.6. The van der Waals surface area contributed by atoms with Crippen LogP contribution in [-0.2, 0) is 0 Å². The van der Waals surface area contributed by atoms with Gasteiger partial charge in [-0.25, -0.2) is 0 Å². The highest BCUT2D eigenvalue weighted by Gasteiger charge is 2.13. The molecule has 0 unspecified atom stereocenters. The summed E-state index contributed by atoms with van der Waals surface area (Å²) in [7, 11) is 0. The number of aromatic nitrogens is 2. The van der Waals surface area contributed by atoms with E-state index in [0.29, 0.717) is 16.1 Å². The van der Waals surface area contributed by atoms with E-state index in [2.05, 4.69) is 15.1 Å². The fraction of sp³-hybridized carbons (Fsp3) is 0. The number of fused-ring (bicyclic) bond motifs is 3. The summed E-state index contributed by atoms with van der Waals surface area (Å²) in [5.74, 6) is 0.00589. The molecule has 25 heavy (non-hydrogen) atoms. The Hall–Kier alpha value is -3.25. The minimum absolute atomic E-state index is 0.00589. The van der Waals surface area contributed by atoms with Gasteiger partial charge in [0.1, 0.15) is 0 Å². The molecule has 0 saturated carbocycles. The van der Waals surface area contributed by atoms with Crippen molar-refractivity contribution in [2.24, 2.45) is 10.9 Å². The number of benzene rings is 2. The van der Waals surface area contributed by atoms with Gasteiger partial charge in [-0.3, -0.25) is 4.79 Å². The number of H-pyrrole nitrogens is 2. The van der Waals surface area contributed by atoms with Gasteiger partial charge in [-0.15, -0.1) is 0 Å². The second kappa shape index (κ2) is 5.68. The lowest BCUT2D eigenvalue weighted by molar-refractivity contribution is 0.318. The van der Waals surface area contributed by atoms with Crippen molar-refractivity contribution in [3.63, 3.8) is 0 Å². The maximum atomic E-state index is 12.2. The summed E-state index contributed by atoms with van der Waals surface area (Å²) >= 11 is 6.09. The lowest BCUT2D eigenvalue weighted by atomic mass is 10.0. The zero-order valence-corrected chi connectivity index (χ0v) is 13.6. The third kappa shape index (κ3) is 2.53. The Balaban J connectivity index is 2.05. The van der Waals surface area contributed by atoms with Crippen LogP contribution in [0.4, 0.5) is 0 Å². The van der Waals surface area contributed by atoms with Gasteiger partial charge in [-0.05, 0) is 29.8 Å². The summed E-state index contributed by atoms with van der Waals surface area (Å²) in [6.45, 7) is 0. The average Bonchev–Trinajstić information content (AvgIpc) is 2.98. The number of halogens is 1. The standard InChI is InChI=1S/C18H13ClN4O2/c19-11-4-5-14-13(7-11)17-16(21-14)12(8-15(24)22-17)9-2-1-3-10(6-9)18(20)23-25/h1-8,21,25H,(H2,20,23)(H,22,24). The van der Waals surface area contributed by atoms with E-state index >= 15 is 0 Å². The van der Waals surface area contributed by atoms with Gasteiger partial charge in [-0.1, -0.05) is 35.0 Å². The number of nitrogens with two attached hydrogens (primary N) is 1. The number of amidine groups is 1. The second-order valence-electron chi connectivity index (χ2n) is 5.68. The molecule has 7 heteroatoms. The van der Waals surface area contributed by atoms with E-state index < -0.39 is 0 Å². The largest absolute Gasteiger partial charge is 0.409 e. The van der Waals surface area contributed by atoms with E-state index in [1.165, 1.54) is 6.07 Å². The van der Waals surface area contributed by atoms with E-state index in [-0.39, 0.29) is 11.4 Å². The van der Waals surface area contributed by atoms with Crippen molar-refractivity contribution in [1.29, 1.82) is 0 Å². The number of pyridine rings is 1. The Morgan fingerprint density at radius 3 is 2.72 bits per heavy atom. The highest BCUT2D eigenvalue weighted by molar-refractivity contribution is 6.31.